The quantitative estimate of drug-likeness (QED) is 0.159. The fourth-order valence-electron chi connectivity index (χ4n) is 14.2. The van der Waals surface area contributed by atoms with E-state index in [2.05, 4.69) is 294 Å². The molecule has 0 spiro atoms. The Morgan fingerprint density at radius 3 is 1.21 bits per heavy atom. The van der Waals surface area contributed by atoms with Gasteiger partial charge in [0.15, 0.2) is 0 Å². The van der Waals surface area contributed by atoms with Crippen molar-refractivity contribution in [3.05, 3.63) is 276 Å². The molecular formula is C75H58N2. The molecule has 1 aliphatic carbocycles. The molecule has 2 nitrogen and oxygen atoms in total. The molecule has 12 aromatic rings. The monoisotopic (exact) mass is 986 g/mol. The van der Waals surface area contributed by atoms with Gasteiger partial charge in [-0.2, -0.15) is 0 Å². The van der Waals surface area contributed by atoms with Crippen molar-refractivity contribution in [3.63, 3.8) is 0 Å². The second-order valence-electron chi connectivity index (χ2n) is 23.2. The van der Waals surface area contributed by atoms with E-state index in [4.69, 9.17) is 0 Å². The Balaban J connectivity index is 1.06. The van der Waals surface area contributed by atoms with Gasteiger partial charge in [-0.3, -0.25) is 0 Å². The molecule has 0 radical (unpaired) electrons. The van der Waals surface area contributed by atoms with Crippen molar-refractivity contribution in [2.45, 2.75) is 57.8 Å². The first-order valence-corrected chi connectivity index (χ1v) is 27.3. The lowest BCUT2D eigenvalue weighted by Gasteiger charge is -2.42. The molecule has 12 aromatic carbocycles. The molecular weight excluding hydrogens is 929 g/mol. The normalized spacial score (nSPS) is 15.1. The molecule has 0 bridgehead atoms. The minimum absolute atomic E-state index is 0.176. The molecule has 77 heavy (non-hydrogen) atoms. The smallest absolute Gasteiger partial charge is 0.0502 e. The Morgan fingerprint density at radius 1 is 0.247 bits per heavy atom. The van der Waals surface area contributed by atoms with Crippen LogP contribution in [0.3, 0.4) is 0 Å². The van der Waals surface area contributed by atoms with Gasteiger partial charge in [0.05, 0.1) is 22.7 Å². The summed E-state index contributed by atoms with van der Waals surface area (Å²) >= 11 is 0. The lowest BCUT2D eigenvalue weighted by atomic mass is 9.73. The minimum Gasteiger partial charge on any atom is -0.310 e. The van der Waals surface area contributed by atoms with E-state index < -0.39 is 0 Å². The first kappa shape index (κ1) is 45.4. The summed E-state index contributed by atoms with van der Waals surface area (Å²) in [6.45, 7) is 14.3. The van der Waals surface area contributed by atoms with Crippen LogP contribution in [0.4, 0.5) is 34.1 Å². The topological polar surface area (TPSA) is 6.48 Å². The highest BCUT2D eigenvalue weighted by molar-refractivity contribution is 6.23. The SMILES string of the molecule is CC1(C)c2ccccc2-c2ccc(-c3c4ccc(N5c6ccccc6C(C)(C)c6ccccc65)cc4c(-c4cccc(-c5cccc6ccccc56)c4)c4ccc(N5c6ccccc6C(C)(C)c6ccccc65)cc34)cc21. The van der Waals surface area contributed by atoms with Gasteiger partial charge in [-0.15, -0.1) is 0 Å². The summed E-state index contributed by atoms with van der Waals surface area (Å²) < 4.78 is 0. The predicted octanol–water partition coefficient (Wildman–Crippen LogP) is 20.7. The van der Waals surface area contributed by atoms with E-state index in [0.29, 0.717) is 0 Å². The maximum atomic E-state index is 2.53. The zero-order chi connectivity index (χ0) is 52.0. The van der Waals surface area contributed by atoms with Crippen LogP contribution in [0, 0.1) is 0 Å². The molecule has 0 aromatic heterocycles. The summed E-state index contributed by atoms with van der Waals surface area (Å²) in [5, 5.41) is 7.36. The maximum Gasteiger partial charge on any atom is 0.0502 e. The Morgan fingerprint density at radius 2 is 0.649 bits per heavy atom. The van der Waals surface area contributed by atoms with E-state index >= 15 is 0 Å². The van der Waals surface area contributed by atoms with Crippen LogP contribution in [0.5, 0.6) is 0 Å². The van der Waals surface area contributed by atoms with Crippen LogP contribution in [0.1, 0.15) is 74.9 Å². The molecule has 0 N–H and O–H groups in total. The van der Waals surface area contributed by atoms with Crippen LogP contribution in [-0.4, -0.2) is 0 Å². The van der Waals surface area contributed by atoms with Gasteiger partial charge in [0, 0.05) is 27.6 Å². The zero-order valence-electron chi connectivity index (χ0n) is 44.5. The third-order valence-corrected chi connectivity index (χ3v) is 18.0. The fraction of sp³-hybridized carbons (Fsp3) is 0.120. The van der Waals surface area contributed by atoms with Crippen molar-refractivity contribution in [3.8, 4) is 44.5 Å². The van der Waals surface area contributed by atoms with Crippen molar-refractivity contribution in [1.29, 1.82) is 0 Å². The number of benzene rings is 12. The van der Waals surface area contributed by atoms with Crippen molar-refractivity contribution in [2.24, 2.45) is 0 Å². The van der Waals surface area contributed by atoms with Crippen molar-refractivity contribution >= 4 is 66.4 Å². The predicted molar refractivity (Wildman–Crippen MR) is 326 cm³/mol. The van der Waals surface area contributed by atoms with E-state index in [0.717, 1.165) is 11.4 Å². The average Bonchev–Trinajstić information content (AvgIpc) is 3.87. The highest BCUT2D eigenvalue weighted by atomic mass is 15.2. The van der Waals surface area contributed by atoms with Crippen LogP contribution in [-0.2, 0) is 16.2 Å². The number of fused-ring (bicyclic) bond motifs is 10. The van der Waals surface area contributed by atoms with E-state index in [1.807, 2.05) is 0 Å². The Hall–Kier alpha value is -8.98. The molecule has 0 saturated heterocycles. The Kier molecular flexibility index (Phi) is 9.74. The van der Waals surface area contributed by atoms with Gasteiger partial charge in [0.1, 0.15) is 0 Å². The Bertz CT molecular complexity index is 4350. The van der Waals surface area contributed by atoms with Gasteiger partial charge in [0.2, 0.25) is 0 Å². The van der Waals surface area contributed by atoms with E-state index in [1.54, 1.807) is 0 Å². The molecule has 368 valence electrons. The number of anilines is 6. The zero-order valence-corrected chi connectivity index (χ0v) is 44.5. The molecule has 2 aliphatic heterocycles. The van der Waals surface area contributed by atoms with Crippen LogP contribution in [0.2, 0.25) is 0 Å². The van der Waals surface area contributed by atoms with Crippen LogP contribution in [0.25, 0.3) is 76.8 Å². The van der Waals surface area contributed by atoms with Crippen molar-refractivity contribution < 1.29 is 0 Å². The number of hydrogen-bond acceptors (Lipinski definition) is 2. The maximum absolute atomic E-state index is 2.53. The van der Waals surface area contributed by atoms with E-state index in [1.165, 1.54) is 133 Å². The third-order valence-electron chi connectivity index (χ3n) is 18.0. The van der Waals surface area contributed by atoms with Crippen molar-refractivity contribution in [2.75, 3.05) is 9.80 Å². The molecule has 0 atom stereocenters. The largest absolute Gasteiger partial charge is 0.310 e. The third kappa shape index (κ3) is 6.55. The highest BCUT2D eigenvalue weighted by Gasteiger charge is 2.39. The summed E-state index contributed by atoms with van der Waals surface area (Å²) in [6.07, 6.45) is 0. The first-order chi connectivity index (χ1) is 37.5. The summed E-state index contributed by atoms with van der Waals surface area (Å²) in [5.41, 5.74) is 24.6. The highest BCUT2D eigenvalue weighted by Crippen LogP contribution is 2.57. The molecule has 2 heteroatoms. The van der Waals surface area contributed by atoms with Gasteiger partial charge in [0.25, 0.3) is 0 Å². The second kappa shape index (κ2) is 16.5. The molecule has 0 saturated carbocycles. The molecule has 2 heterocycles. The van der Waals surface area contributed by atoms with Gasteiger partial charge in [-0.05, 0) is 171 Å². The standard InChI is InChI=1S/C75H58N2/c1-73(2)61-28-10-9-26-55(61)56-40-37-50(44-66(56)73)72-58-42-39-51(76-67-33-15-11-29-62(67)74(3,4)63-30-12-16-34-68(63)76)45-59(58)71(49-24-19-23-48(43-49)54-27-20-22-47-21-7-8-25-53(47)54)57-41-38-52(46-60(57)72)77-69-35-17-13-31-64(69)75(5,6)65-32-14-18-36-70(65)77/h7-46H,1-6H3. The fourth-order valence-corrected chi connectivity index (χ4v) is 14.2. The molecule has 0 unspecified atom stereocenters. The van der Waals surface area contributed by atoms with Gasteiger partial charge < -0.3 is 9.80 Å². The molecule has 15 rings (SSSR count). The average molecular weight is 987 g/mol. The molecule has 3 aliphatic rings. The Labute approximate surface area is 452 Å². The lowest BCUT2D eigenvalue weighted by Crippen LogP contribution is -2.30. The first-order valence-electron chi connectivity index (χ1n) is 27.3. The number of rotatable bonds is 5. The van der Waals surface area contributed by atoms with E-state index in [9.17, 15) is 0 Å². The molecule has 0 fully saturated rings. The minimum atomic E-state index is -0.180. The van der Waals surface area contributed by atoms with Gasteiger partial charge in [-0.25, -0.2) is 0 Å². The van der Waals surface area contributed by atoms with Gasteiger partial charge >= 0.3 is 0 Å². The summed E-state index contributed by atoms with van der Waals surface area (Å²) in [6, 6.07) is 91.8. The summed E-state index contributed by atoms with van der Waals surface area (Å²) in [7, 11) is 0. The van der Waals surface area contributed by atoms with Gasteiger partial charge in [-0.1, -0.05) is 224 Å². The van der Waals surface area contributed by atoms with Crippen LogP contribution >= 0.6 is 0 Å². The van der Waals surface area contributed by atoms with E-state index in [-0.39, 0.29) is 16.2 Å². The number of nitrogens with zero attached hydrogens (tertiary/aromatic N) is 2. The summed E-state index contributed by atoms with van der Waals surface area (Å²) in [4.78, 5) is 5.03. The van der Waals surface area contributed by atoms with Crippen LogP contribution < -0.4 is 9.80 Å². The number of para-hydroxylation sites is 4. The van der Waals surface area contributed by atoms with Crippen LogP contribution in [0.15, 0.2) is 243 Å². The summed E-state index contributed by atoms with van der Waals surface area (Å²) in [5.74, 6) is 0. The second-order valence-corrected chi connectivity index (χ2v) is 23.2. The molecule has 0 amide bonds. The van der Waals surface area contributed by atoms with Crippen molar-refractivity contribution in [1.82, 2.24) is 0 Å². The lowest BCUT2D eigenvalue weighted by molar-refractivity contribution is 0.632. The number of hydrogen-bond donors (Lipinski definition) is 0.